The molecule has 0 spiro atoms. The number of carbonyl (C=O) groups excluding carboxylic acids is 1. The second-order valence-electron chi connectivity index (χ2n) is 7.25. The first-order valence-corrected chi connectivity index (χ1v) is 10.6. The molecule has 0 radical (unpaired) electrons. The van der Waals surface area contributed by atoms with E-state index in [0.29, 0.717) is 11.5 Å². The number of aryl methyl sites for hydroxylation is 1. The van der Waals surface area contributed by atoms with Crippen molar-refractivity contribution in [2.75, 3.05) is 45.2 Å². The van der Waals surface area contributed by atoms with Gasteiger partial charge in [-0.05, 0) is 69.4 Å². The van der Waals surface area contributed by atoms with Gasteiger partial charge in [-0.2, -0.15) is 0 Å². The Balaban J connectivity index is 0.00000480. The van der Waals surface area contributed by atoms with Gasteiger partial charge in [0, 0.05) is 12.2 Å². The SMILES string of the molecule is CCN(CC)CCCNCc1ccc(OCC(=O)Nc2ccc(C)cc2)c(OC)c1.Cl.Cl. The number of ether oxygens (including phenoxy) is 2. The third-order valence-electron chi connectivity index (χ3n) is 4.97. The number of anilines is 1. The number of nitrogens with one attached hydrogen (secondary N) is 2. The summed E-state index contributed by atoms with van der Waals surface area (Å²) in [5.74, 6) is 0.974. The Hall–Kier alpha value is -1.99. The van der Waals surface area contributed by atoms with Crippen molar-refractivity contribution in [3.05, 3.63) is 53.6 Å². The molecule has 1 amide bonds. The lowest BCUT2D eigenvalue weighted by molar-refractivity contribution is -0.118. The fraction of sp³-hybridized carbons (Fsp3) is 0.458. The number of benzene rings is 2. The van der Waals surface area contributed by atoms with Crippen LogP contribution in [0, 0.1) is 6.92 Å². The molecule has 0 aliphatic heterocycles. The van der Waals surface area contributed by atoms with Crippen LogP contribution in [0.1, 0.15) is 31.4 Å². The van der Waals surface area contributed by atoms with Gasteiger partial charge < -0.3 is 25.0 Å². The van der Waals surface area contributed by atoms with Crippen molar-refractivity contribution < 1.29 is 14.3 Å². The van der Waals surface area contributed by atoms with E-state index < -0.39 is 0 Å². The molecule has 0 atom stereocenters. The summed E-state index contributed by atoms with van der Waals surface area (Å²) in [6.45, 7) is 11.4. The van der Waals surface area contributed by atoms with Gasteiger partial charge in [0.25, 0.3) is 5.91 Å². The molecule has 0 saturated heterocycles. The monoisotopic (exact) mass is 485 g/mol. The Morgan fingerprint density at radius 1 is 1.00 bits per heavy atom. The average molecular weight is 486 g/mol. The minimum absolute atomic E-state index is 0. The van der Waals surface area contributed by atoms with E-state index >= 15 is 0 Å². The zero-order valence-electron chi connectivity index (χ0n) is 19.5. The molecule has 0 bridgehead atoms. The number of nitrogens with zero attached hydrogens (tertiary/aromatic N) is 1. The lowest BCUT2D eigenvalue weighted by atomic mass is 10.2. The van der Waals surface area contributed by atoms with Crippen molar-refractivity contribution >= 4 is 36.4 Å². The molecule has 0 saturated carbocycles. The summed E-state index contributed by atoms with van der Waals surface area (Å²) in [4.78, 5) is 14.6. The third kappa shape index (κ3) is 10.6. The van der Waals surface area contributed by atoms with Gasteiger partial charge in [-0.25, -0.2) is 0 Å². The Morgan fingerprint density at radius 2 is 1.69 bits per heavy atom. The summed E-state index contributed by atoms with van der Waals surface area (Å²) >= 11 is 0. The summed E-state index contributed by atoms with van der Waals surface area (Å²) in [6, 6.07) is 13.4. The molecule has 0 aromatic heterocycles. The molecule has 2 aromatic carbocycles. The van der Waals surface area contributed by atoms with E-state index in [0.717, 1.165) is 56.0 Å². The zero-order chi connectivity index (χ0) is 21.8. The van der Waals surface area contributed by atoms with Gasteiger partial charge in [0.15, 0.2) is 18.1 Å². The zero-order valence-corrected chi connectivity index (χ0v) is 21.1. The Morgan fingerprint density at radius 3 is 2.31 bits per heavy atom. The van der Waals surface area contributed by atoms with Crippen LogP contribution < -0.4 is 20.1 Å². The van der Waals surface area contributed by atoms with Crippen LogP contribution in [0.25, 0.3) is 0 Å². The second-order valence-corrected chi connectivity index (χ2v) is 7.25. The normalized spacial score (nSPS) is 10.2. The summed E-state index contributed by atoms with van der Waals surface area (Å²) in [5, 5.41) is 6.30. The van der Waals surface area contributed by atoms with Crippen LogP contribution in [0.15, 0.2) is 42.5 Å². The maximum absolute atomic E-state index is 12.1. The summed E-state index contributed by atoms with van der Waals surface area (Å²) in [5.41, 5.74) is 3.02. The largest absolute Gasteiger partial charge is 0.493 e. The highest BCUT2D eigenvalue weighted by Gasteiger charge is 2.09. The molecule has 2 rings (SSSR count). The van der Waals surface area contributed by atoms with E-state index in [-0.39, 0.29) is 37.3 Å². The number of rotatable bonds is 13. The summed E-state index contributed by atoms with van der Waals surface area (Å²) in [7, 11) is 1.61. The molecule has 0 aliphatic carbocycles. The van der Waals surface area contributed by atoms with Crippen LogP contribution in [-0.2, 0) is 11.3 Å². The lowest BCUT2D eigenvalue weighted by Crippen LogP contribution is -2.27. The van der Waals surface area contributed by atoms with Gasteiger partial charge in [-0.15, -0.1) is 24.8 Å². The number of amides is 1. The van der Waals surface area contributed by atoms with Crippen LogP contribution in [0.3, 0.4) is 0 Å². The molecule has 0 heterocycles. The van der Waals surface area contributed by atoms with Crippen molar-refractivity contribution in [2.24, 2.45) is 0 Å². The topological polar surface area (TPSA) is 62.8 Å². The molecule has 8 heteroatoms. The minimum Gasteiger partial charge on any atom is -0.493 e. The van der Waals surface area contributed by atoms with E-state index in [2.05, 4.69) is 29.4 Å². The standard InChI is InChI=1S/C24H35N3O3.2ClH/c1-5-27(6-2)15-7-14-25-17-20-10-13-22(23(16-20)29-4)30-18-24(28)26-21-11-8-19(3)9-12-21;;/h8-13,16,25H,5-7,14-15,17-18H2,1-4H3,(H,26,28);2*1H. The first-order chi connectivity index (χ1) is 14.5. The van der Waals surface area contributed by atoms with Crippen LogP contribution in [0.4, 0.5) is 5.69 Å². The summed E-state index contributed by atoms with van der Waals surface area (Å²) in [6.07, 6.45) is 1.12. The van der Waals surface area contributed by atoms with Gasteiger partial charge in [-0.3, -0.25) is 4.79 Å². The van der Waals surface area contributed by atoms with Crippen molar-refractivity contribution in [1.82, 2.24) is 10.2 Å². The van der Waals surface area contributed by atoms with E-state index in [1.54, 1.807) is 7.11 Å². The minimum atomic E-state index is -0.208. The van der Waals surface area contributed by atoms with Gasteiger partial charge >= 0.3 is 0 Å². The Bertz CT molecular complexity index is 785. The van der Waals surface area contributed by atoms with E-state index in [4.69, 9.17) is 9.47 Å². The van der Waals surface area contributed by atoms with Crippen LogP contribution in [-0.4, -0.2) is 50.7 Å². The Kier molecular flexibility index (Phi) is 15.6. The maximum atomic E-state index is 12.1. The second kappa shape index (κ2) is 16.6. The third-order valence-corrected chi connectivity index (χ3v) is 4.97. The molecule has 6 nitrogen and oxygen atoms in total. The first kappa shape index (κ1) is 30.0. The van der Waals surface area contributed by atoms with Crippen LogP contribution in [0.5, 0.6) is 11.5 Å². The molecule has 180 valence electrons. The van der Waals surface area contributed by atoms with Crippen molar-refractivity contribution in [2.45, 2.75) is 33.7 Å². The maximum Gasteiger partial charge on any atom is 0.262 e. The highest BCUT2D eigenvalue weighted by Crippen LogP contribution is 2.28. The summed E-state index contributed by atoms with van der Waals surface area (Å²) < 4.78 is 11.1. The molecule has 2 aromatic rings. The lowest BCUT2D eigenvalue weighted by Gasteiger charge is -2.17. The highest BCUT2D eigenvalue weighted by atomic mass is 35.5. The number of methoxy groups -OCH3 is 1. The molecule has 0 fully saturated rings. The predicted molar refractivity (Wildman–Crippen MR) is 137 cm³/mol. The van der Waals surface area contributed by atoms with Gasteiger partial charge in [0.05, 0.1) is 7.11 Å². The van der Waals surface area contributed by atoms with E-state index in [1.165, 1.54) is 0 Å². The highest BCUT2D eigenvalue weighted by molar-refractivity contribution is 5.91. The van der Waals surface area contributed by atoms with Crippen LogP contribution in [0.2, 0.25) is 0 Å². The van der Waals surface area contributed by atoms with Crippen molar-refractivity contribution in [3.63, 3.8) is 0 Å². The van der Waals surface area contributed by atoms with Crippen LogP contribution >= 0.6 is 24.8 Å². The first-order valence-electron chi connectivity index (χ1n) is 10.6. The van der Waals surface area contributed by atoms with Gasteiger partial charge in [-0.1, -0.05) is 37.6 Å². The van der Waals surface area contributed by atoms with E-state index in [9.17, 15) is 4.79 Å². The molecule has 2 N–H and O–H groups in total. The van der Waals surface area contributed by atoms with Crippen molar-refractivity contribution in [3.8, 4) is 11.5 Å². The smallest absolute Gasteiger partial charge is 0.262 e. The van der Waals surface area contributed by atoms with Crippen molar-refractivity contribution in [1.29, 1.82) is 0 Å². The Labute approximate surface area is 204 Å². The number of carbonyl (C=O) groups is 1. The molecular weight excluding hydrogens is 449 g/mol. The average Bonchev–Trinajstić information content (AvgIpc) is 2.76. The fourth-order valence-electron chi connectivity index (χ4n) is 3.12. The quantitative estimate of drug-likeness (QED) is 0.403. The molecule has 32 heavy (non-hydrogen) atoms. The van der Waals surface area contributed by atoms with E-state index in [1.807, 2.05) is 49.4 Å². The van der Waals surface area contributed by atoms with Gasteiger partial charge in [0.1, 0.15) is 0 Å². The molecule has 0 aliphatic rings. The number of hydrogen-bond acceptors (Lipinski definition) is 5. The number of hydrogen-bond donors (Lipinski definition) is 2. The predicted octanol–water partition coefficient (Wildman–Crippen LogP) is 4.69. The molecular formula is C24H37Cl2N3O3. The molecule has 0 unspecified atom stereocenters. The van der Waals surface area contributed by atoms with Gasteiger partial charge in [0.2, 0.25) is 0 Å². The number of halogens is 2. The fourth-order valence-corrected chi connectivity index (χ4v) is 3.12.